The number of piperazine rings is 1. The molecule has 4 fully saturated rings. The number of nitrogens with zero attached hydrogens (tertiary/aromatic N) is 2. The number of carbonyl (C=O) groups excluding carboxylic acids is 2. The molecular weight excluding hydrogens is 486 g/mol. The lowest BCUT2D eigenvalue weighted by Crippen LogP contribution is -2.67. The maximum Gasteiger partial charge on any atom is 0.410 e. The number of ether oxygens (including phenoxy) is 2. The summed E-state index contributed by atoms with van der Waals surface area (Å²) >= 11 is 0. The van der Waals surface area contributed by atoms with Gasteiger partial charge in [-0.15, -0.1) is 0 Å². The van der Waals surface area contributed by atoms with Crippen LogP contribution in [0.4, 0.5) is 4.79 Å². The number of fused-ring (bicyclic) bond motifs is 1. The summed E-state index contributed by atoms with van der Waals surface area (Å²) < 4.78 is 39.3. The molecule has 2 saturated carbocycles. The van der Waals surface area contributed by atoms with Crippen LogP contribution in [0.25, 0.3) is 0 Å². The third-order valence-electron chi connectivity index (χ3n) is 8.74. The first-order chi connectivity index (χ1) is 17.2. The minimum atomic E-state index is -3.47. The fourth-order valence-electron chi connectivity index (χ4n) is 7.04. The Morgan fingerprint density at radius 2 is 1.75 bits per heavy atom. The summed E-state index contributed by atoms with van der Waals surface area (Å²) in [4.78, 5) is 29.7. The maximum absolute atomic E-state index is 13.4. The third-order valence-corrected chi connectivity index (χ3v) is 10.6. The van der Waals surface area contributed by atoms with Crippen molar-refractivity contribution in [1.82, 2.24) is 14.5 Å². The van der Waals surface area contributed by atoms with Gasteiger partial charge in [-0.05, 0) is 50.9 Å². The molecule has 2 aliphatic carbocycles. The normalized spacial score (nSPS) is 34.2. The van der Waals surface area contributed by atoms with Crippen LogP contribution in [0.3, 0.4) is 0 Å². The number of nitrogens with one attached hydrogen (secondary N) is 1. The summed E-state index contributed by atoms with van der Waals surface area (Å²) in [6.45, 7) is 5.06. The van der Waals surface area contributed by atoms with Crippen molar-refractivity contribution in [3.63, 3.8) is 0 Å². The Bertz CT molecular complexity index is 879. The summed E-state index contributed by atoms with van der Waals surface area (Å²) in [5, 5.41) is 8.59. The van der Waals surface area contributed by atoms with Gasteiger partial charge in [-0.1, -0.05) is 12.8 Å². The molecule has 10 nitrogen and oxygen atoms in total. The molecule has 2 N–H and O–H groups in total. The van der Waals surface area contributed by atoms with Gasteiger partial charge in [0.25, 0.3) is 0 Å². The Morgan fingerprint density at radius 3 is 2.44 bits per heavy atom. The van der Waals surface area contributed by atoms with Gasteiger partial charge in [-0.25, -0.2) is 17.9 Å². The molecule has 206 valence electrons. The molecule has 11 heteroatoms. The molecule has 6 atom stereocenters. The Balaban J connectivity index is 1.48. The quantitative estimate of drug-likeness (QED) is 0.538. The van der Waals surface area contributed by atoms with E-state index in [0.717, 1.165) is 32.1 Å². The van der Waals surface area contributed by atoms with E-state index in [9.17, 15) is 18.0 Å². The highest BCUT2D eigenvalue weighted by Crippen LogP contribution is 2.44. The van der Waals surface area contributed by atoms with Crippen LogP contribution in [0.15, 0.2) is 0 Å². The fourth-order valence-corrected chi connectivity index (χ4v) is 8.63. The third kappa shape index (κ3) is 6.16. The topological polar surface area (TPSA) is 125 Å². The second-order valence-electron chi connectivity index (χ2n) is 11.0. The number of hydrogen-bond acceptors (Lipinski definition) is 7. The van der Waals surface area contributed by atoms with Gasteiger partial charge >= 0.3 is 6.09 Å². The van der Waals surface area contributed by atoms with Gasteiger partial charge in [-0.2, -0.15) is 0 Å². The molecule has 2 heterocycles. The lowest BCUT2D eigenvalue weighted by atomic mass is 9.69. The summed E-state index contributed by atoms with van der Waals surface area (Å²) in [5.41, 5.74) is 0. The van der Waals surface area contributed by atoms with Gasteiger partial charge in [0, 0.05) is 38.9 Å². The molecule has 2 aliphatic heterocycles. The summed E-state index contributed by atoms with van der Waals surface area (Å²) in [6.07, 6.45) is 6.51. The predicted molar refractivity (Wildman–Crippen MR) is 134 cm³/mol. The molecule has 2 amide bonds. The standard InChI is InChI=1S/C25H43N3O7S/c1-17-16-27(25(31)35-21-8-12-34-13-9-21)24-15-20(6-7-23(24)28(17)18(2)30)19-4-3-5-22(14-19)36(32,33)26-10-11-29/h17,19-24,26,29H,3-16H2,1-2H3/t17-,19?,20?,22?,23?,24?/m0/s1. The van der Waals surface area contributed by atoms with E-state index in [1.165, 1.54) is 0 Å². The molecule has 5 unspecified atom stereocenters. The van der Waals surface area contributed by atoms with Crippen LogP contribution in [-0.4, -0.2) is 97.7 Å². The van der Waals surface area contributed by atoms with Crippen molar-refractivity contribution in [2.75, 3.05) is 32.9 Å². The van der Waals surface area contributed by atoms with E-state index in [4.69, 9.17) is 14.6 Å². The van der Waals surface area contributed by atoms with Crippen LogP contribution < -0.4 is 4.72 Å². The summed E-state index contributed by atoms with van der Waals surface area (Å²) in [6, 6.07) is -0.246. The second kappa shape index (κ2) is 12.0. The zero-order valence-corrected chi connectivity index (χ0v) is 22.5. The van der Waals surface area contributed by atoms with Gasteiger partial charge in [0.1, 0.15) is 6.10 Å². The monoisotopic (exact) mass is 529 g/mol. The van der Waals surface area contributed by atoms with Crippen LogP contribution in [-0.2, 0) is 24.3 Å². The minimum absolute atomic E-state index is 0.0344. The van der Waals surface area contributed by atoms with Crippen LogP contribution in [0.2, 0.25) is 0 Å². The average Bonchev–Trinajstić information content (AvgIpc) is 2.87. The zero-order chi connectivity index (χ0) is 25.9. The number of hydrogen-bond donors (Lipinski definition) is 2. The molecule has 36 heavy (non-hydrogen) atoms. The van der Waals surface area contributed by atoms with E-state index in [-0.39, 0.29) is 55.3 Å². The van der Waals surface area contributed by atoms with Crippen molar-refractivity contribution in [2.24, 2.45) is 11.8 Å². The number of rotatable bonds is 6. The number of aliphatic hydroxyl groups is 1. The molecule has 0 spiro atoms. The lowest BCUT2D eigenvalue weighted by molar-refractivity contribution is -0.143. The molecule has 0 aromatic carbocycles. The van der Waals surface area contributed by atoms with Crippen molar-refractivity contribution < 1.29 is 32.6 Å². The van der Waals surface area contributed by atoms with Crippen LogP contribution >= 0.6 is 0 Å². The fraction of sp³-hybridized carbons (Fsp3) is 0.920. The molecule has 0 bridgehead atoms. The van der Waals surface area contributed by atoms with Gasteiger partial charge in [0.2, 0.25) is 15.9 Å². The molecule has 2 saturated heterocycles. The molecule has 0 aromatic rings. The summed E-state index contributed by atoms with van der Waals surface area (Å²) in [7, 11) is -3.47. The number of aliphatic hydroxyl groups excluding tert-OH is 1. The Kier molecular flexibility index (Phi) is 9.17. The van der Waals surface area contributed by atoms with E-state index < -0.39 is 15.3 Å². The highest BCUT2D eigenvalue weighted by molar-refractivity contribution is 7.90. The molecule has 4 rings (SSSR count). The first-order valence-corrected chi connectivity index (χ1v) is 15.2. The average molecular weight is 530 g/mol. The van der Waals surface area contributed by atoms with Crippen molar-refractivity contribution >= 4 is 22.0 Å². The van der Waals surface area contributed by atoms with Crippen molar-refractivity contribution in [1.29, 1.82) is 0 Å². The van der Waals surface area contributed by atoms with Gasteiger partial charge in [0.15, 0.2) is 0 Å². The Labute approximate surface area is 215 Å². The van der Waals surface area contributed by atoms with Crippen LogP contribution in [0, 0.1) is 11.8 Å². The highest BCUT2D eigenvalue weighted by Gasteiger charge is 2.48. The molecule has 4 aliphatic rings. The SMILES string of the molecule is CC(=O)N1C2CCC(C3CCCC(S(=O)(=O)NCCO)C3)CC2N(C(=O)OC2CCOCC2)C[C@@H]1C. The zero-order valence-electron chi connectivity index (χ0n) is 21.6. The van der Waals surface area contributed by atoms with Gasteiger partial charge in [0.05, 0.1) is 37.2 Å². The Hall–Kier alpha value is -1.43. The molecule has 0 aromatic heterocycles. The van der Waals surface area contributed by atoms with Crippen LogP contribution in [0.1, 0.15) is 71.6 Å². The first-order valence-electron chi connectivity index (χ1n) is 13.6. The molecule has 0 radical (unpaired) electrons. The summed E-state index contributed by atoms with van der Waals surface area (Å²) in [5.74, 6) is 0.587. The van der Waals surface area contributed by atoms with Crippen molar-refractivity contribution in [3.8, 4) is 0 Å². The number of sulfonamides is 1. The van der Waals surface area contributed by atoms with E-state index >= 15 is 0 Å². The van der Waals surface area contributed by atoms with E-state index in [1.807, 2.05) is 16.7 Å². The van der Waals surface area contributed by atoms with E-state index in [2.05, 4.69) is 4.72 Å². The molecular formula is C25H43N3O7S. The van der Waals surface area contributed by atoms with Crippen LogP contribution in [0.5, 0.6) is 0 Å². The van der Waals surface area contributed by atoms with E-state index in [1.54, 1.807) is 6.92 Å². The van der Waals surface area contributed by atoms with Crippen molar-refractivity contribution in [2.45, 2.75) is 101 Å². The minimum Gasteiger partial charge on any atom is -0.446 e. The smallest absolute Gasteiger partial charge is 0.410 e. The second-order valence-corrected chi connectivity index (χ2v) is 13.1. The van der Waals surface area contributed by atoms with Gasteiger partial charge < -0.3 is 24.4 Å². The first kappa shape index (κ1) is 27.6. The number of carbonyl (C=O) groups is 2. The largest absolute Gasteiger partial charge is 0.446 e. The highest BCUT2D eigenvalue weighted by atomic mass is 32.2. The maximum atomic E-state index is 13.4. The lowest BCUT2D eigenvalue weighted by Gasteiger charge is -2.54. The Morgan fingerprint density at radius 1 is 1.03 bits per heavy atom. The van der Waals surface area contributed by atoms with Gasteiger partial charge in [-0.3, -0.25) is 4.79 Å². The van der Waals surface area contributed by atoms with E-state index in [0.29, 0.717) is 51.4 Å². The predicted octanol–water partition coefficient (Wildman–Crippen LogP) is 1.86. The van der Waals surface area contributed by atoms with Crippen molar-refractivity contribution in [3.05, 3.63) is 0 Å². The number of amides is 2.